The molecule has 20 heavy (non-hydrogen) atoms. The Hall–Kier alpha value is -1.69. The first kappa shape index (κ1) is 14.7. The van der Waals surface area contributed by atoms with E-state index in [-0.39, 0.29) is 12.5 Å². The number of fused-ring (bicyclic) bond motifs is 1. The Bertz CT molecular complexity index is 633. The summed E-state index contributed by atoms with van der Waals surface area (Å²) in [4.78, 5) is 15.0. The van der Waals surface area contributed by atoms with Crippen LogP contribution in [-0.2, 0) is 4.79 Å². The van der Waals surface area contributed by atoms with Crippen molar-refractivity contribution in [2.24, 2.45) is 0 Å². The topological polar surface area (TPSA) is 82.5 Å². The van der Waals surface area contributed by atoms with Gasteiger partial charge >= 0.3 is 0 Å². The van der Waals surface area contributed by atoms with Crippen molar-refractivity contribution in [1.82, 2.24) is 10.3 Å². The van der Waals surface area contributed by atoms with E-state index in [1.165, 1.54) is 6.92 Å². The maximum atomic E-state index is 10.8. The molecule has 0 aliphatic heterocycles. The SMILES string of the molecule is CC(=O)NCC(O)C(O)c1ccc2c(Cl)ccnc2c1. The van der Waals surface area contributed by atoms with E-state index in [1.54, 1.807) is 30.5 Å². The van der Waals surface area contributed by atoms with Crippen molar-refractivity contribution in [3.05, 3.63) is 41.0 Å². The number of benzene rings is 1. The van der Waals surface area contributed by atoms with E-state index >= 15 is 0 Å². The van der Waals surface area contributed by atoms with Crippen LogP contribution in [0.2, 0.25) is 5.02 Å². The van der Waals surface area contributed by atoms with E-state index in [0.717, 1.165) is 5.39 Å². The number of halogens is 1. The van der Waals surface area contributed by atoms with E-state index < -0.39 is 12.2 Å². The van der Waals surface area contributed by atoms with Gasteiger partial charge in [0.05, 0.1) is 10.5 Å². The summed E-state index contributed by atoms with van der Waals surface area (Å²) in [5, 5.41) is 23.7. The van der Waals surface area contributed by atoms with Crippen LogP contribution in [0.15, 0.2) is 30.5 Å². The van der Waals surface area contributed by atoms with Gasteiger partial charge in [-0.1, -0.05) is 23.7 Å². The zero-order chi connectivity index (χ0) is 14.7. The van der Waals surface area contributed by atoms with E-state index in [4.69, 9.17) is 11.6 Å². The first-order valence-corrected chi connectivity index (χ1v) is 6.51. The summed E-state index contributed by atoms with van der Waals surface area (Å²) >= 11 is 6.04. The second kappa shape index (κ2) is 6.17. The Morgan fingerprint density at radius 1 is 1.40 bits per heavy atom. The molecule has 3 N–H and O–H groups in total. The minimum Gasteiger partial charge on any atom is -0.388 e. The highest BCUT2D eigenvalue weighted by molar-refractivity contribution is 6.35. The van der Waals surface area contributed by atoms with Crippen LogP contribution in [0.5, 0.6) is 0 Å². The molecule has 1 heterocycles. The van der Waals surface area contributed by atoms with Crippen LogP contribution >= 0.6 is 11.6 Å². The predicted octanol–water partition coefficient (Wildman–Crippen LogP) is 1.42. The molecule has 0 radical (unpaired) electrons. The van der Waals surface area contributed by atoms with Crippen molar-refractivity contribution in [3.8, 4) is 0 Å². The molecule has 5 nitrogen and oxygen atoms in total. The van der Waals surface area contributed by atoms with Crippen LogP contribution in [0, 0.1) is 0 Å². The van der Waals surface area contributed by atoms with Crippen LogP contribution < -0.4 is 5.32 Å². The summed E-state index contributed by atoms with van der Waals surface area (Å²) in [5.74, 6) is -0.261. The molecule has 0 saturated carbocycles. The number of hydrogen-bond donors (Lipinski definition) is 3. The number of aliphatic hydroxyl groups excluding tert-OH is 2. The lowest BCUT2D eigenvalue weighted by Crippen LogP contribution is -2.34. The zero-order valence-electron chi connectivity index (χ0n) is 10.9. The van der Waals surface area contributed by atoms with Gasteiger partial charge in [-0.25, -0.2) is 0 Å². The molecule has 2 rings (SSSR count). The summed E-state index contributed by atoms with van der Waals surface area (Å²) in [6, 6.07) is 6.78. The molecule has 2 aromatic rings. The fourth-order valence-corrected chi connectivity index (χ4v) is 2.11. The number of rotatable bonds is 4. The van der Waals surface area contributed by atoms with Gasteiger partial charge in [0.15, 0.2) is 0 Å². The molecular formula is C14H15ClN2O3. The third-order valence-corrected chi connectivity index (χ3v) is 3.31. The van der Waals surface area contributed by atoms with Gasteiger partial charge in [-0.15, -0.1) is 0 Å². The first-order valence-electron chi connectivity index (χ1n) is 6.14. The second-order valence-corrected chi connectivity index (χ2v) is 4.93. The van der Waals surface area contributed by atoms with Crippen molar-refractivity contribution in [3.63, 3.8) is 0 Å². The van der Waals surface area contributed by atoms with E-state index in [2.05, 4.69) is 10.3 Å². The quantitative estimate of drug-likeness (QED) is 0.796. The van der Waals surface area contributed by atoms with E-state index in [0.29, 0.717) is 16.1 Å². The minimum atomic E-state index is -1.10. The number of nitrogens with one attached hydrogen (secondary N) is 1. The number of amides is 1. The third-order valence-electron chi connectivity index (χ3n) is 2.98. The Morgan fingerprint density at radius 3 is 2.85 bits per heavy atom. The van der Waals surface area contributed by atoms with E-state index in [1.807, 2.05) is 0 Å². The van der Waals surface area contributed by atoms with Gasteiger partial charge in [-0.2, -0.15) is 0 Å². The summed E-state index contributed by atoms with van der Waals surface area (Å²) in [7, 11) is 0. The molecule has 0 saturated heterocycles. The number of pyridine rings is 1. The number of aromatic nitrogens is 1. The fraction of sp³-hybridized carbons (Fsp3) is 0.286. The molecule has 0 bridgehead atoms. The van der Waals surface area contributed by atoms with Gasteiger partial charge in [-0.05, 0) is 17.7 Å². The first-order chi connectivity index (χ1) is 9.49. The highest BCUT2D eigenvalue weighted by Gasteiger charge is 2.19. The van der Waals surface area contributed by atoms with E-state index in [9.17, 15) is 15.0 Å². The monoisotopic (exact) mass is 294 g/mol. The molecular weight excluding hydrogens is 280 g/mol. The van der Waals surface area contributed by atoms with Gasteiger partial charge in [0.2, 0.25) is 5.91 Å². The van der Waals surface area contributed by atoms with Gasteiger partial charge in [0.1, 0.15) is 12.2 Å². The van der Waals surface area contributed by atoms with Crippen LogP contribution in [-0.4, -0.2) is 33.8 Å². The lowest BCUT2D eigenvalue weighted by molar-refractivity contribution is -0.119. The lowest BCUT2D eigenvalue weighted by Gasteiger charge is -2.18. The molecule has 0 spiro atoms. The summed E-state index contributed by atoms with van der Waals surface area (Å²) in [6.45, 7) is 1.33. The average Bonchev–Trinajstić information content (AvgIpc) is 2.43. The maximum absolute atomic E-state index is 10.8. The molecule has 106 valence electrons. The molecule has 2 unspecified atom stereocenters. The van der Waals surface area contributed by atoms with Gasteiger partial charge in [0, 0.05) is 25.1 Å². The zero-order valence-corrected chi connectivity index (χ0v) is 11.6. The molecule has 1 aromatic carbocycles. The van der Waals surface area contributed by atoms with Crippen molar-refractivity contribution in [2.45, 2.75) is 19.1 Å². The average molecular weight is 295 g/mol. The number of nitrogens with zero attached hydrogens (tertiary/aromatic N) is 1. The van der Waals surface area contributed by atoms with Gasteiger partial charge < -0.3 is 15.5 Å². The van der Waals surface area contributed by atoms with Crippen LogP contribution in [0.3, 0.4) is 0 Å². The van der Waals surface area contributed by atoms with Crippen molar-refractivity contribution >= 4 is 28.4 Å². The van der Waals surface area contributed by atoms with Crippen LogP contribution in [0.4, 0.5) is 0 Å². The molecule has 0 aliphatic rings. The Labute approximate surface area is 121 Å². The highest BCUT2D eigenvalue weighted by Crippen LogP contribution is 2.25. The van der Waals surface area contributed by atoms with Crippen LogP contribution in [0.25, 0.3) is 10.9 Å². The summed E-state index contributed by atoms with van der Waals surface area (Å²) in [5.41, 5.74) is 1.16. The molecule has 0 aliphatic carbocycles. The molecule has 2 atom stereocenters. The summed E-state index contributed by atoms with van der Waals surface area (Å²) < 4.78 is 0. The van der Waals surface area contributed by atoms with Gasteiger partial charge in [-0.3, -0.25) is 9.78 Å². The Morgan fingerprint density at radius 2 is 2.15 bits per heavy atom. The van der Waals surface area contributed by atoms with Crippen molar-refractivity contribution in [2.75, 3.05) is 6.54 Å². The Balaban J connectivity index is 2.22. The summed E-state index contributed by atoms with van der Waals surface area (Å²) in [6.07, 6.45) is -0.614. The normalized spacial score (nSPS) is 14.0. The highest BCUT2D eigenvalue weighted by atomic mass is 35.5. The molecule has 1 amide bonds. The number of carbonyl (C=O) groups is 1. The van der Waals surface area contributed by atoms with Crippen LogP contribution in [0.1, 0.15) is 18.6 Å². The number of carbonyl (C=O) groups excluding carboxylic acids is 1. The molecule has 6 heteroatoms. The smallest absolute Gasteiger partial charge is 0.216 e. The Kier molecular flexibility index (Phi) is 4.54. The van der Waals surface area contributed by atoms with Gasteiger partial charge in [0.25, 0.3) is 0 Å². The maximum Gasteiger partial charge on any atom is 0.216 e. The number of aliphatic hydroxyl groups is 2. The molecule has 1 aromatic heterocycles. The van der Waals surface area contributed by atoms with Crippen molar-refractivity contribution in [1.29, 1.82) is 0 Å². The fourth-order valence-electron chi connectivity index (χ4n) is 1.90. The second-order valence-electron chi connectivity index (χ2n) is 4.52. The lowest BCUT2D eigenvalue weighted by atomic mass is 10.0. The largest absolute Gasteiger partial charge is 0.388 e. The standard InChI is InChI=1S/C14H15ClN2O3/c1-8(18)17-7-13(19)14(20)9-2-3-10-11(15)4-5-16-12(10)6-9/h2-6,13-14,19-20H,7H2,1H3,(H,17,18). The number of hydrogen-bond acceptors (Lipinski definition) is 4. The van der Waals surface area contributed by atoms with Crippen molar-refractivity contribution < 1.29 is 15.0 Å². The third kappa shape index (κ3) is 3.25. The minimum absolute atomic E-state index is 0.0164. The molecule has 0 fully saturated rings. The predicted molar refractivity (Wildman–Crippen MR) is 76.4 cm³/mol.